The fraction of sp³-hybridized carbons (Fsp3) is 0.385. The van der Waals surface area contributed by atoms with Gasteiger partial charge in [0.05, 0.1) is 29.1 Å². The van der Waals surface area contributed by atoms with Gasteiger partial charge in [0, 0.05) is 23.6 Å². The molecular weight excluding hydrogens is 370 g/mol. The van der Waals surface area contributed by atoms with E-state index in [2.05, 4.69) is 69.3 Å². The lowest BCUT2D eigenvalue weighted by Gasteiger charge is -2.52. The second-order valence-corrected chi connectivity index (χ2v) is 9.67. The standard InChI is InChI=1S/C26H27N3O/c1-25(2)21-12-11-20-22(18-10-9-16-7-5-6-8-17(16)13-18)29(4)28-23(20)26(21,3)14-19(15-27)24(25)30/h5-10,13-14,21,24,30H,11-12H2,1-4H3/t21-,24?,26-/m0/s1. The van der Waals surface area contributed by atoms with Crippen molar-refractivity contribution in [2.45, 2.75) is 45.1 Å². The highest BCUT2D eigenvalue weighted by Gasteiger charge is 2.55. The first-order valence-corrected chi connectivity index (χ1v) is 10.6. The number of nitriles is 1. The number of benzene rings is 2. The zero-order valence-electron chi connectivity index (χ0n) is 18.0. The number of aryl methyl sites for hydroxylation is 1. The van der Waals surface area contributed by atoms with Crippen LogP contribution in [0, 0.1) is 22.7 Å². The summed E-state index contributed by atoms with van der Waals surface area (Å²) in [6.45, 7) is 6.37. The maximum Gasteiger partial charge on any atom is 0.0971 e. The molecule has 0 spiro atoms. The first-order chi connectivity index (χ1) is 14.3. The molecule has 1 N–H and O–H groups in total. The molecule has 2 aliphatic carbocycles. The maximum atomic E-state index is 10.8. The lowest BCUT2D eigenvalue weighted by molar-refractivity contribution is -0.0102. The molecule has 0 radical (unpaired) electrons. The number of hydrogen-bond acceptors (Lipinski definition) is 3. The molecule has 2 aromatic carbocycles. The average molecular weight is 398 g/mol. The van der Waals surface area contributed by atoms with E-state index in [4.69, 9.17) is 5.10 Å². The third-order valence-corrected chi connectivity index (χ3v) is 7.57. The molecule has 1 aromatic heterocycles. The van der Waals surface area contributed by atoms with Gasteiger partial charge in [-0.1, -0.05) is 63.2 Å². The number of aliphatic hydroxyl groups is 1. The van der Waals surface area contributed by atoms with Crippen LogP contribution in [0.4, 0.5) is 0 Å². The van der Waals surface area contributed by atoms with Gasteiger partial charge in [-0.3, -0.25) is 4.68 Å². The molecule has 0 bridgehead atoms. The Balaban J connectivity index is 1.72. The Morgan fingerprint density at radius 3 is 2.60 bits per heavy atom. The van der Waals surface area contributed by atoms with Crippen molar-refractivity contribution in [3.63, 3.8) is 0 Å². The molecule has 0 saturated carbocycles. The first-order valence-electron chi connectivity index (χ1n) is 10.6. The summed E-state index contributed by atoms with van der Waals surface area (Å²) >= 11 is 0. The minimum Gasteiger partial charge on any atom is -0.387 e. The van der Waals surface area contributed by atoms with E-state index in [1.54, 1.807) is 0 Å². The van der Waals surface area contributed by atoms with Gasteiger partial charge in [-0.2, -0.15) is 10.4 Å². The molecule has 30 heavy (non-hydrogen) atoms. The quantitative estimate of drug-likeness (QED) is 0.634. The van der Waals surface area contributed by atoms with Gasteiger partial charge in [0.15, 0.2) is 0 Å². The van der Waals surface area contributed by atoms with Crippen molar-refractivity contribution in [2.75, 3.05) is 0 Å². The second-order valence-electron chi connectivity index (χ2n) is 9.67. The van der Waals surface area contributed by atoms with E-state index in [-0.39, 0.29) is 16.7 Å². The minimum absolute atomic E-state index is 0.226. The second kappa shape index (κ2) is 6.30. The van der Waals surface area contributed by atoms with E-state index in [1.807, 2.05) is 17.8 Å². The van der Waals surface area contributed by atoms with E-state index in [0.29, 0.717) is 5.57 Å². The summed E-state index contributed by atoms with van der Waals surface area (Å²) in [5, 5.41) is 28.0. The van der Waals surface area contributed by atoms with Crippen molar-refractivity contribution >= 4 is 10.8 Å². The van der Waals surface area contributed by atoms with Crippen molar-refractivity contribution in [1.29, 1.82) is 5.26 Å². The zero-order chi connectivity index (χ0) is 21.3. The monoisotopic (exact) mass is 397 g/mol. The molecule has 5 rings (SSSR count). The van der Waals surface area contributed by atoms with Crippen LogP contribution in [0.15, 0.2) is 54.1 Å². The number of nitrogens with zero attached hydrogens (tertiary/aromatic N) is 3. The summed E-state index contributed by atoms with van der Waals surface area (Å²) in [5.74, 6) is 0.226. The lowest BCUT2D eigenvalue weighted by Crippen LogP contribution is -2.52. The molecule has 3 aromatic rings. The van der Waals surface area contributed by atoms with Crippen LogP contribution in [0.25, 0.3) is 22.0 Å². The Morgan fingerprint density at radius 2 is 1.87 bits per heavy atom. The van der Waals surface area contributed by atoms with Gasteiger partial charge in [0.25, 0.3) is 0 Å². The molecule has 4 heteroatoms. The van der Waals surface area contributed by atoms with Crippen LogP contribution in [-0.2, 0) is 18.9 Å². The van der Waals surface area contributed by atoms with Gasteiger partial charge in [-0.05, 0) is 41.0 Å². The number of allylic oxidation sites excluding steroid dienone is 1. The maximum absolute atomic E-state index is 10.8. The highest BCUT2D eigenvalue weighted by atomic mass is 16.3. The Morgan fingerprint density at radius 1 is 1.13 bits per heavy atom. The van der Waals surface area contributed by atoms with E-state index in [1.165, 1.54) is 21.9 Å². The molecule has 1 heterocycles. The molecule has 0 amide bonds. The number of rotatable bonds is 1. The van der Waals surface area contributed by atoms with Crippen LogP contribution in [-0.4, -0.2) is 21.0 Å². The van der Waals surface area contributed by atoms with Gasteiger partial charge < -0.3 is 5.11 Å². The van der Waals surface area contributed by atoms with Crippen molar-refractivity contribution in [1.82, 2.24) is 9.78 Å². The fourth-order valence-electron chi connectivity index (χ4n) is 6.09. The minimum atomic E-state index is -0.731. The summed E-state index contributed by atoms with van der Waals surface area (Å²) in [6, 6.07) is 17.3. The van der Waals surface area contributed by atoms with Crippen LogP contribution < -0.4 is 0 Å². The fourth-order valence-corrected chi connectivity index (χ4v) is 6.09. The summed E-state index contributed by atoms with van der Waals surface area (Å²) < 4.78 is 2.00. The Hall–Kier alpha value is -2.90. The molecule has 4 nitrogen and oxygen atoms in total. The third kappa shape index (κ3) is 2.45. The van der Waals surface area contributed by atoms with Gasteiger partial charge >= 0.3 is 0 Å². The normalized spacial score (nSPS) is 27.1. The largest absolute Gasteiger partial charge is 0.387 e. The van der Waals surface area contributed by atoms with E-state index in [9.17, 15) is 10.4 Å². The van der Waals surface area contributed by atoms with Gasteiger partial charge in [-0.15, -0.1) is 0 Å². The molecule has 1 unspecified atom stereocenters. The molecule has 0 fully saturated rings. The van der Waals surface area contributed by atoms with Gasteiger partial charge in [0.2, 0.25) is 0 Å². The lowest BCUT2D eigenvalue weighted by atomic mass is 9.52. The van der Waals surface area contributed by atoms with E-state index in [0.717, 1.165) is 24.2 Å². The predicted octanol–water partition coefficient (Wildman–Crippen LogP) is 4.91. The summed E-state index contributed by atoms with van der Waals surface area (Å²) in [6.07, 6.45) is 3.15. The Labute approximate surface area is 177 Å². The first kappa shape index (κ1) is 19.1. The number of hydrogen-bond donors (Lipinski definition) is 1. The van der Waals surface area contributed by atoms with Crippen LogP contribution in [0.1, 0.15) is 38.4 Å². The summed E-state index contributed by atoms with van der Waals surface area (Å²) in [4.78, 5) is 0. The summed E-state index contributed by atoms with van der Waals surface area (Å²) in [5.41, 5.74) is 4.37. The molecule has 2 aliphatic rings. The Bertz CT molecular complexity index is 1240. The Kier molecular flexibility index (Phi) is 4.01. The third-order valence-electron chi connectivity index (χ3n) is 7.57. The number of aromatic nitrogens is 2. The van der Waals surface area contributed by atoms with Crippen LogP contribution >= 0.6 is 0 Å². The van der Waals surface area contributed by atoms with E-state index >= 15 is 0 Å². The highest BCUT2D eigenvalue weighted by molar-refractivity contribution is 5.87. The zero-order valence-corrected chi connectivity index (χ0v) is 18.0. The van der Waals surface area contributed by atoms with Crippen molar-refractivity contribution in [2.24, 2.45) is 18.4 Å². The molecule has 152 valence electrons. The van der Waals surface area contributed by atoms with Crippen LogP contribution in [0.3, 0.4) is 0 Å². The van der Waals surface area contributed by atoms with Gasteiger partial charge in [-0.25, -0.2) is 0 Å². The average Bonchev–Trinajstić information content (AvgIpc) is 3.08. The highest BCUT2D eigenvalue weighted by Crippen LogP contribution is 2.56. The van der Waals surface area contributed by atoms with Crippen molar-refractivity contribution < 1.29 is 5.11 Å². The SMILES string of the molecule is Cn1nc2c(c1-c1ccc3ccccc3c1)CC[C@H]1C(C)(C)C(O)C(C#N)=C[C@]21C. The topological polar surface area (TPSA) is 61.8 Å². The van der Waals surface area contributed by atoms with Crippen LogP contribution in [0.5, 0.6) is 0 Å². The smallest absolute Gasteiger partial charge is 0.0971 e. The van der Waals surface area contributed by atoms with Crippen LogP contribution in [0.2, 0.25) is 0 Å². The number of fused-ring (bicyclic) bond motifs is 4. The molecule has 0 saturated heterocycles. The van der Waals surface area contributed by atoms with E-state index < -0.39 is 6.10 Å². The predicted molar refractivity (Wildman–Crippen MR) is 119 cm³/mol. The van der Waals surface area contributed by atoms with Crippen molar-refractivity contribution in [3.05, 3.63) is 65.4 Å². The van der Waals surface area contributed by atoms with Gasteiger partial charge in [0.1, 0.15) is 0 Å². The van der Waals surface area contributed by atoms with Crippen molar-refractivity contribution in [3.8, 4) is 17.3 Å². The molecule has 0 aliphatic heterocycles. The molecular formula is C26H27N3O. The summed E-state index contributed by atoms with van der Waals surface area (Å²) in [7, 11) is 2.01. The number of aliphatic hydroxyl groups excluding tert-OH is 1. The molecule has 3 atom stereocenters.